The normalized spacial score (nSPS) is 11.5. The highest BCUT2D eigenvalue weighted by Gasteiger charge is 2.06. The SMILES string of the molecule is O=S(=O)(F)CCc1ccc(F)cc1. The first-order valence-electron chi connectivity index (χ1n) is 3.64. The number of benzene rings is 1. The van der Waals surface area contributed by atoms with Gasteiger partial charge >= 0.3 is 10.2 Å². The van der Waals surface area contributed by atoms with E-state index in [1.54, 1.807) is 0 Å². The second-order valence-electron chi connectivity index (χ2n) is 2.62. The summed E-state index contributed by atoms with van der Waals surface area (Å²) < 4.78 is 44.7. The minimum Gasteiger partial charge on any atom is -0.207 e. The number of halogens is 2. The van der Waals surface area contributed by atoms with Crippen LogP contribution < -0.4 is 0 Å². The Balaban J connectivity index is 2.61. The fourth-order valence-corrected chi connectivity index (χ4v) is 1.37. The van der Waals surface area contributed by atoms with Gasteiger partial charge in [-0.05, 0) is 24.1 Å². The second-order valence-corrected chi connectivity index (χ2v) is 4.11. The van der Waals surface area contributed by atoms with Gasteiger partial charge in [-0.25, -0.2) is 4.39 Å². The van der Waals surface area contributed by atoms with Crippen molar-refractivity contribution < 1.29 is 16.7 Å². The van der Waals surface area contributed by atoms with Gasteiger partial charge in [-0.1, -0.05) is 12.1 Å². The Morgan fingerprint density at radius 3 is 2.15 bits per heavy atom. The van der Waals surface area contributed by atoms with Gasteiger partial charge in [-0.3, -0.25) is 0 Å². The Morgan fingerprint density at radius 2 is 1.69 bits per heavy atom. The minimum atomic E-state index is -4.43. The molecule has 0 saturated heterocycles. The molecule has 0 atom stereocenters. The van der Waals surface area contributed by atoms with Crippen LogP contribution in [0.3, 0.4) is 0 Å². The summed E-state index contributed by atoms with van der Waals surface area (Å²) in [7, 11) is -4.43. The summed E-state index contributed by atoms with van der Waals surface area (Å²) in [6, 6.07) is 5.28. The number of aryl methyl sites for hydroxylation is 1. The molecule has 0 radical (unpaired) electrons. The van der Waals surface area contributed by atoms with Gasteiger partial charge < -0.3 is 0 Å². The summed E-state index contributed by atoms with van der Waals surface area (Å²) in [4.78, 5) is 0. The fourth-order valence-electron chi connectivity index (χ4n) is 0.891. The fraction of sp³-hybridized carbons (Fsp3) is 0.250. The van der Waals surface area contributed by atoms with Crippen LogP contribution in [0.4, 0.5) is 8.28 Å². The molecule has 5 heteroatoms. The van der Waals surface area contributed by atoms with Crippen LogP contribution in [0, 0.1) is 5.82 Å². The lowest BCUT2D eigenvalue weighted by atomic mass is 10.2. The maximum Gasteiger partial charge on any atom is 0.302 e. The van der Waals surface area contributed by atoms with Crippen molar-refractivity contribution in [3.8, 4) is 0 Å². The van der Waals surface area contributed by atoms with E-state index in [1.807, 2.05) is 0 Å². The van der Waals surface area contributed by atoms with Gasteiger partial charge in [0.25, 0.3) is 0 Å². The first-order valence-corrected chi connectivity index (χ1v) is 5.19. The van der Waals surface area contributed by atoms with E-state index in [0.29, 0.717) is 5.56 Å². The van der Waals surface area contributed by atoms with Crippen molar-refractivity contribution in [2.75, 3.05) is 5.75 Å². The van der Waals surface area contributed by atoms with Gasteiger partial charge in [0, 0.05) is 0 Å². The average molecular weight is 206 g/mol. The third-order valence-electron chi connectivity index (χ3n) is 1.55. The quantitative estimate of drug-likeness (QED) is 0.705. The molecule has 72 valence electrons. The lowest BCUT2D eigenvalue weighted by Crippen LogP contribution is -2.01. The Labute approximate surface area is 75.4 Å². The molecule has 0 saturated carbocycles. The van der Waals surface area contributed by atoms with Crippen LogP contribution in [0.1, 0.15) is 5.56 Å². The minimum absolute atomic E-state index is 0.0686. The first-order chi connectivity index (χ1) is 5.97. The lowest BCUT2D eigenvalue weighted by Gasteiger charge is -1.97. The van der Waals surface area contributed by atoms with Crippen LogP contribution >= 0.6 is 0 Å². The number of hydrogen-bond acceptors (Lipinski definition) is 2. The molecule has 0 aromatic heterocycles. The molecule has 0 spiro atoms. The summed E-state index contributed by atoms with van der Waals surface area (Å²) in [5, 5.41) is 0. The van der Waals surface area contributed by atoms with E-state index < -0.39 is 21.8 Å². The highest BCUT2D eigenvalue weighted by Crippen LogP contribution is 2.05. The molecule has 0 aliphatic carbocycles. The highest BCUT2D eigenvalue weighted by atomic mass is 32.3. The largest absolute Gasteiger partial charge is 0.302 e. The molecule has 1 aromatic carbocycles. The number of hydrogen-bond donors (Lipinski definition) is 0. The van der Waals surface area contributed by atoms with E-state index >= 15 is 0 Å². The van der Waals surface area contributed by atoms with Crippen molar-refractivity contribution in [1.29, 1.82) is 0 Å². The van der Waals surface area contributed by atoms with Crippen LogP contribution in [0.2, 0.25) is 0 Å². The molecule has 1 aromatic rings. The van der Waals surface area contributed by atoms with Crippen LogP contribution in [0.5, 0.6) is 0 Å². The molecular weight excluding hydrogens is 198 g/mol. The Kier molecular flexibility index (Phi) is 2.98. The highest BCUT2D eigenvalue weighted by molar-refractivity contribution is 7.86. The predicted molar refractivity (Wildman–Crippen MR) is 45.0 cm³/mol. The number of rotatable bonds is 3. The zero-order chi connectivity index (χ0) is 9.90. The van der Waals surface area contributed by atoms with Crippen LogP contribution in [-0.2, 0) is 16.6 Å². The smallest absolute Gasteiger partial charge is 0.207 e. The van der Waals surface area contributed by atoms with E-state index in [2.05, 4.69) is 0 Å². The molecule has 13 heavy (non-hydrogen) atoms. The lowest BCUT2D eigenvalue weighted by molar-refractivity contribution is 0.551. The van der Waals surface area contributed by atoms with Gasteiger partial charge in [0.15, 0.2) is 0 Å². The molecule has 0 aliphatic rings. The van der Waals surface area contributed by atoms with Crippen molar-refractivity contribution >= 4 is 10.2 Å². The summed E-state index contributed by atoms with van der Waals surface area (Å²) in [5.41, 5.74) is 0.600. The van der Waals surface area contributed by atoms with E-state index in [1.165, 1.54) is 24.3 Å². The van der Waals surface area contributed by atoms with Crippen molar-refractivity contribution in [2.24, 2.45) is 0 Å². The van der Waals surface area contributed by atoms with Crippen molar-refractivity contribution in [1.82, 2.24) is 0 Å². The van der Waals surface area contributed by atoms with Crippen LogP contribution in [-0.4, -0.2) is 14.2 Å². The van der Waals surface area contributed by atoms with Crippen LogP contribution in [0.15, 0.2) is 24.3 Å². The van der Waals surface area contributed by atoms with Crippen LogP contribution in [0.25, 0.3) is 0 Å². The summed E-state index contributed by atoms with van der Waals surface area (Å²) in [6.45, 7) is 0. The molecule has 0 heterocycles. The first kappa shape index (κ1) is 10.1. The maximum atomic E-state index is 12.4. The Bertz CT molecular complexity index is 370. The summed E-state index contributed by atoms with van der Waals surface area (Å²) in [6.07, 6.45) is 0.0686. The van der Waals surface area contributed by atoms with Gasteiger partial charge in [-0.2, -0.15) is 8.42 Å². The molecule has 0 N–H and O–H groups in total. The standard InChI is InChI=1S/C8H8F2O2S/c9-8-3-1-7(2-4-8)5-6-13(10,11)12/h1-4H,5-6H2. The van der Waals surface area contributed by atoms with Crippen molar-refractivity contribution in [2.45, 2.75) is 6.42 Å². The molecule has 0 aliphatic heterocycles. The molecular formula is C8H8F2O2S. The monoisotopic (exact) mass is 206 g/mol. The molecule has 1 rings (SSSR count). The third-order valence-corrected chi connectivity index (χ3v) is 2.24. The molecule has 0 unspecified atom stereocenters. The second kappa shape index (κ2) is 3.83. The average Bonchev–Trinajstić information content (AvgIpc) is 2.02. The zero-order valence-electron chi connectivity index (χ0n) is 6.70. The van der Waals surface area contributed by atoms with E-state index in [0.717, 1.165) is 0 Å². The Hall–Kier alpha value is -0.970. The zero-order valence-corrected chi connectivity index (χ0v) is 7.52. The van der Waals surface area contributed by atoms with Gasteiger partial charge in [0.05, 0.1) is 5.75 Å². The molecule has 2 nitrogen and oxygen atoms in total. The van der Waals surface area contributed by atoms with Crippen molar-refractivity contribution in [3.63, 3.8) is 0 Å². The van der Waals surface area contributed by atoms with E-state index in [9.17, 15) is 16.7 Å². The third kappa shape index (κ3) is 3.98. The molecule has 0 bridgehead atoms. The topological polar surface area (TPSA) is 34.1 Å². The summed E-state index contributed by atoms with van der Waals surface area (Å²) in [5.74, 6) is -0.953. The summed E-state index contributed by atoms with van der Waals surface area (Å²) >= 11 is 0. The predicted octanol–water partition coefficient (Wildman–Crippen LogP) is 1.67. The van der Waals surface area contributed by atoms with Gasteiger partial charge in [0.2, 0.25) is 0 Å². The maximum absolute atomic E-state index is 12.4. The van der Waals surface area contributed by atoms with E-state index in [-0.39, 0.29) is 6.42 Å². The molecule has 0 amide bonds. The molecule has 0 fully saturated rings. The van der Waals surface area contributed by atoms with Gasteiger partial charge in [-0.15, -0.1) is 3.89 Å². The van der Waals surface area contributed by atoms with Crippen molar-refractivity contribution in [3.05, 3.63) is 35.6 Å². The van der Waals surface area contributed by atoms with E-state index in [4.69, 9.17) is 0 Å². The Morgan fingerprint density at radius 1 is 1.15 bits per heavy atom. The van der Waals surface area contributed by atoms with Gasteiger partial charge in [0.1, 0.15) is 5.82 Å².